The third-order valence-electron chi connectivity index (χ3n) is 0.132. The van der Waals surface area contributed by atoms with Gasteiger partial charge in [-0.2, -0.15) is 0 Å². The zero-order valence-corrected chi connectivity index (χ0v) is 4.73. The van der Waals surface area contributed by atoms with Crippen LogP contribution in [0.5, 0.6) is 0 Å². The lowest BCUT2D eigenvalue weighted by atomic mass is 11.5. The molecular weight excluding hydrogens is 183 g/mol. The minimum Gasteiger partial charge on any atom is -0.271 e. The first kappa shape index (κ1) is 5.45. The van der Waals surface area contributed by atoms with E-state index in [0.29, 0.717) is 4.55 Å². The summed E-state index contributed by atoms with van der Waals surface area (Å²) in [4.78, 5) is 0. The number of nitrogens with two attached hydrogens (primary N) is 1. The van der Waals surface area contributed by atoms with Gasteiger partial charge >= 0.3 is 0 Å². The van der Waals surface area contributed by atoms with Crippen molar-refractivity contribution in [1.82, 2.24) is 5.43 Å². The number of hydrazine groups is 1. The second-order valence-corrected chi connectivity index (χ2v) is 1.83. The molecule has 3 N–H and O–H groups in total. The molecule has 4 heteroatoms. The van der Waals surface area contributed by atoms with Gasteiger partial charge in [-0.05, 0) is 0 Å². The van der Waals surface area contributed by atoms with Crippen molar-refractivity contribution in [3.05, 3.63) is 0 Å². The van der Waals surface area contributed by atoms with E-state index in [2.05, 4.69) is 5.43 Å². The molecule has 0 atom stereocenters. The number of alkyl halides is 1. The first-order valence-corrected chi connectivity index (χ1v) is 3.47. The van der Waals surface area contributed by atoms with Crippen molar-refractivity contribution in [2.24, 2.45) is 5.84 Å². The van der Waals surface area contributed by atoms with Crippen LogP contribution in [0.3, 0.4) is 0 Å². The van der Waals surface area contributed by atoms with Crippen LogP contribution in [0.4, 0.5) is 0 Å². The fraction of sp³-hybridized carbons (Fsp3) is 1.00. The molecule has 0 aliphatic rings. The second-order valence-electron chi connectivity index (χ2n) is 0.447. The summed E-state index contributed by atoms with van der Waals surface area (Å²) in [5.74, 6) is 4.72. The number of nitrogens with one attached hydrogen (secondary N) is 1. The summed E-state index contributed by atoms with van der Waals surface area (Å²) < 4.78 is 9.97. The van der Waals surface area contributed by atoms with Crippen LogP contribution in [0, 0.1) is 0 Å². The minimum absolute atomic E-state index is 0.471. The topological polar surface area (TPSA) is 55.1 Å². The lowest BCUT2D eigenvalue weighted by Gasteiger charge is -1.75. The highest BCUT2D eigenvalue weighted by molar-refractivity contribution is 14.1. The van der Waals surface area contributed by atoms with Crippen LogP contribution < -0.4 is 11.3 Å². The van der Waals surface area contributed by atoms with Gasteiger partial charge in [0.05, 0.1) is 4.55 Å². The minimum atomic E-state index is -0.879. The Morgan fingerprint density at radius 3 is 2.60 bits per heavy atom. The van der Waals surface area contributed by atoms with Crippen LogP contribution in [-0.2, 0) is 3.07 Å². The number of hydrogen-bond acceptors (Lipinski definition) is 3. The number of rotatable bonds is 2. The van der Waals surface area contributed by atoms with E-state index in [9.17, 15) is 3.07 Å². The maximum atomic E-state index is 9.50. The molecule has 0 aromatic rings. The van der Waals surface area contributed by atoms with E-state index in [4.69, 9.17) is 5.84 Å². The van der Waals surface area contributed by atoms with Crippen molar-refractivity contribution in [2.45, 2.75) is 0 Å². The molecule has 0 amide bonds. The van der Waals surface area contributed by atoms with E-state index in [0.717, 1.165) is 0 Å². The Morgan fingerprint density at radius 2 is 2.60 bits per heavy atom. The van der Waals surface area contributed by atoms with Gasteiger partial charge in [0.2, 0.25) is 0 Å². The average Bonchev–Trinajstić information content (AvgIpc) is 1.41. The van der Waals surface area contributed by atoms with Gasteiger partial charge in [0, 0.05) is 0 Å². The first-order chi connectivity index (χ1) is 2.41. The zero-order chi connectivity index (χ0) is 4.12. The van der Waals surface area contributed by atoms with Crippen molar-refractivity contribution >= 4 is 21.2 Å². The van der Waals surface area contributed by atoms with E-state index in [1.807, 2.05) is 0 Å². The Hall–Kier alpha value is 0.450. The maximum absolute atomic E-state index is 9.50. The van der Waals surface area contributed by atoms with Crippen LogP contribution >= 0.6 is 21.2 Å². The molecule has 0 bridgehead atoms. The Bertz CT molecular complexity index is 30.8. The fourth-order valence-electron chi connectivity index (χ4n) is 0.0315. The summed E-state index contributed by atoms with van der Waals surface area (Å²) in [6, 6.07) is 0. The van der Waals surface area contributed by atoms with Gasteiger partial charge in [-0.1, -0.05) is 0 Å². The predicted octanol–water partition coefficient (Wildman–Crippen LogP) is -0.277. The summed E-state index contributed by atoms with van der Waals surface area (Å²) in [6.07, 6.45) is 0. The van der Waals surface area contributed by atoms with Gasteiger partial charge in [-0.3, -0.25) is 8.91 Å². The average molecular weight is 188 g/mol. The second kappa shape index (κ2) is 4.45. The van der Waals surface area contributed by atoms with Gasteiger partial charge in [0.1, 0.15) is 0 Å². The largest absolute Gasteiger partial charge is 0.271 e. The summed E-state index contributed by atoms with van der Waals surface area (Å²) in [5.41, 5.74) is 2.25. The van der Waals surface area contributed by atoms with Crippen LogP contribution in [0.1, 0.15) is 0 Å². The molecule has 32 valence electrons. The summed E-state index contributed by atoms with van der Waals surface area (Å²) in [7, 11) is 0. The van der Waals surface area contributed by atoms with Crippen LogP contribution in [0.2, 0.25) is 0 Å². The standard InChI is InChI=1S/CH5IN2O/c3-4-1-2-5/h4H,1,3H2. The summed E-state index contributed by atoms with van der Waals surface area (Å²) in [5, 5.41) is 0. The van der Waals surface area contributed by atoms with E-state index in [-0.39, 0.29) is 0 Å². The van der Waals surface area contributed by atoms with E-state index in [1.54, 1.807) is 0 Å². The third kappa shape index (κ3) is 4.45. The first-order valence-electron chi connectivity index (χ1n) is 1.06. The zero-order valence-electron chi connectivity index (χ0n) is 2.57. The quantitative estimate of drug-likeness (QED) is 0.206. The Labute approximate surface area is 40.5 Å². The van der Waals surface area contributed by atoms with E-state index in [1.165, 1.54) is 0 Å². The molecule has 0 fully saturated rings. The molecule has 0 aromatic heterocycles. The van der Waals surface area contributed by atoms with Crippen molar-refractivity contribution in [3.63, 3.8) is 0 Å². The van der Waals surface area contributed by atoms with Gasteiger partial charge in [-0.15, -0.1) is 0 Å². The highest BCUT2D eigenvalue weighted by atomic mass is 127. The van der Waals surface area contributed by atoms with Crippen molar-refractivity contribution < 1.29 is 3.07 Å². The molecule has 0 aliphatic heterocycles. The van der Waals surface area contributed by atoms with Gasteiger partial charge < -0.3 is 0 Å². The van der Waals surface area contributed by atoms with Crippen LogP contribution in [0.25, 0.3) is 0 Å². The normalized spacial score (nSPS) is 8.20. The van der Waals surface area contributed by atoms with Gasteiger partial charge in [-0.25, -0.2) is 5.43 Å². The Morgan fingerprint density at radius 1 is 2.00 bits per heavy atom. The molecule has 0 aromatic carbocycles. The highest BCUT2D eigenvalue weighted by Gasteiger charge is 1.64. The molecule has 0 unspecified atom stereocenters. The molecule has 0 rings (SSSR count). The number of hydrogen-bond donors (Lipinski definition) is 2. The lowest BCUT2D eigenvalue weighted by molar-refractivity contribution is 0.646. The molecule has 0 heterocycles. The van der Waals surface area contributed by atoms with E-state index < -0.39 is 21.2 Å². The van der Waals surface area contributed by atoms with Gasteiger partial charge in [0.25, 0.3) is 0 Å². The molecule has 0 aliphatic carbocycles. The molecule has 0 spiro atoms. The Balaban J connectivity index is 2.40. The molecule has 0 radical (unpaired) electrons. The molecular formula is CH5IN2O. The Kier molecular flexibility index (Phi) is 4.85. The van der Waals surface area contributed by atoms with E-state index >= 15 is 0 Å². The molecule has 0 saturated heterocycles. The SMILES string of the molecule is NNCI=O. The highest BCUT2D eigenvalue weighted by Crippen LogP contribution is 1.80. The molecule has 3 nitrogen and oxygen atoms in total. The van der Waals surface area contributed by atoms with Crippen molar-refractivity contribution in [3.8, 4) is 0 Å². The van der Waals surface area contributed by atoms with Gasteiger partial charge in [0.15, 0.2) is 21.2 Å². The van der Waals surface area contributed by atoms with Crippen molar-refractivity contribution in [2.75, 3.05) is 4.55 Å². The van der Waals surface area contributed by atoms with Crippen molar-refractivity contribution in [1.29, 1.82) is 0 Å². The molecule has 0 saturated carbocycles. The smallest absolute Gasteiger partial charge is 0.161 e. The molecule has 5 heavy (non-hydrogen) atoms. The fourth-order valence-corrected chi connectivity index (χ4v) is 0.211. The lowest BCUT2D eigenvalue weighted by Crippen LogP contribution is -2.18. The third-order valence-corrected chi connectivity index (χ3v) is 0.884. The summed E-state index contributed by atoms with van der Waals surface area (Å²) in [6.45, 7) is 0. The van der Waals surface area contributed by atoms with Crippen LogP contribution in [0.15, 0.2) is 0 Å². The maximum Gasteiger partial charge on any atom is 0.161 e. The van der Waals surface area contributed by atoms with Crippen LogP contribution in [-0.4, -0.2) is 4.55 Å². The monoisotopic (exact) mass is 188 g/mol. The predicted molar refractivity (Wildman–Crippen MR) is 26.9 cm³/mol. The summed E-state index contributed by atoms with van der Waals surface area (Å²) >= 11 is -0.879. The number of halogens is 1.